The number of halogens is 1. The normalized spacial score (nSPS) is 11.4. The van der Waals surface area contributed by atoms with Gasteiger partial charge in [-0.2, -0.15) is 0 Å². The zero-order valence-corrected chi connectivity index (χ0v) is 16.7. The maximum absolute atomic E-state index is 12.4. The molecule has 0 radical (unpaired) electrons. The molecule has 0 fully saturated rings. The number of aliphatic imine (C=N–C) groups is 1. The van der Waals surface area contributed by atoms with Crippen LogP contribution in [0.3, 0.4) is 0 Å². The maximum atomic E-state index is 12.4. The minimum absolute atomic E-state index is 0.105. The van der Waals surface area contributed by atoms with Crippen LogP contribution in [0.1, 0.15) is 38.6 Å². The maximum Gasteiger partial charge on any atom is 0.258 e. The lowest BCUT2D eigenvalue weighted by atomic mass is 9.95. The predicted octanol–water partition coefficient (Wildman–Crippen LogP) is 2.14. The highest BCUT2D eigenvalue weighted by Crippen LogP contribution is 2.24. The summed E-state index contributed by atoms with van der Waals surface area (Å²) in [6.45, 7) is 7.98. The second-order valence-corrected chi connectivity index (χ2v) is 7.77. The van der Waals surface area contributed by atoms with Gasteiger partial charge in [-0.15, -0.1) is 0 Å². The van der Waals surface area contributed by atoms with Gasteiger partial charge in [0.2, 0.25) is 0 Å². The number of benzene rings is 1. The number of hydrogen-bond donors (Lipinski definition) is 4. The first-order chi connectivity index (χ1) is 12.7. The van der Waals surface area contributed by atoms with Gasteiger partial charge in [-0.05, 0) is 30.2 Å². The molecule has 0 bridgehead atoms. The molecule has 0 amide bonds. The van der Waals surface area contributed by atoms with Crippen molar-refractivity contribution < 1.29 is 0 Å². The van der Waals surface area contributed by atoms with Crippen LogP contribution >= 0.6 is 11.6 Å². The third-order valence-corrected chi connectivity index (χ3v) is 4.35. The molecule has 0 saturated carbocycles. The van der Waals surface area contributed by atoms with E-state index in [0.717, 1.165) is 24.1 Å². The highest BCUT2D eigenvalue weighted by molar-refractivity contribution is 6.31. The molecule has 0 atom stereocenters. The van der Waals surface area contributed by atoms with Crippen LogP contribution in [0.25, 0.3) is 11.1 Å². The van der Waals surface area contributed by atoms with Gasteiger partial charge in [-0.1, -0.05) is 44.5 Å². The molecule has 7 nitrogen and oxygen atoms in total. The Kier molecular flexibility index (Phi) is 6.98. The minimum Gasteiger partial charge on any atom is -0.370 e. The third kappa shape index (κ3) is 6.08. The zero-order chi connectivity index (χ0) is 20.0. The molecule has 0 saturated heterocycles. The van der Waals surface area contributed by atoms with E-state index in [4.69, 9.17) is 23.1 Å². The first-order valence-corrected chi connectivity index (χ1v) is 9.21. The van der Waals surface area contributed by atoms with Gasteiger partial charge in [0.25, 0.3) is 5.56 Å². The van der Waals surface area contributed by atoms with Crippen LogP contribution in [-0.2, 0) is 12.0 Å². The van der Waals surface area contributed by atoms with Crippen molar-refractivity contribution in [2.75, 3.05) is 13.1 Å². The molecule has 1 heterocycles. The number of guanidine groups is 1. The third-order valence-electron chi connectivity index (χ3n) is 4.00. The number of nitrogens with zero attached hydrogens (tertiary/aromatic N) is 2. The Morgan fingerprint density at radius 1 is 1.33 bits per heavy atom. The summed E-state index contributed by atoms with van der Waals surface area (Å²) in [6.07, 6.45) is 2.43. The number of H-pyrrole nitrogens is 1. The largest absolute Gasteiger partial charge is 0.370 e. The number of aromatic amines is 1. The standard InChI is InChI=1S/C19H27ClN6O/c1-19(2,3)17-25-11-14(16(27)26-17)12-5-6-13(15(20)9-12)10-23-7-4-8-24-18(21)22/h5-6,9,11,23H,4,7-8,10H2,1-3H3,(H4,21,22,24)(H,25,26,27). The number of nitrogens with two attached hydrogens (primary N) is 2. The highest BCUT2D eigenvalue weighted by atomic mass is 35.5. The smallest absolute Gasteiger partial charge is 0.258 e. The second-order valence-electron chi connectivity index (χ2n) is 7.37. The van der Waals surface area contributed by atoms with Gasteiger partial charge in [0.15, 0.2) is 5.96 Å². The zero-order valence-electron chi connectivity index (χ0n) is 16.0. The first-order valence-electron chi connectivity index (χ1n) is 8.83. The van der Waals surface area contributed by atoms with E-state index >= 15 is 0 Å². The van der Waals surface area contributed by atoms with E-state index in [9.17, 15) is 4.79 Å². The van der Waals surface area contributed by atoms with Crippen LogP contribution in [-0.4, -0.2) is 29.0 Å². The van der Waals surface area contributed by atoms with Gasteiger partial charge >= 0.3 is 0 Å². The molecule has 0 aliphatic rings. The number of rotatable bonds is 7. The van der Waals surface area contributed by atoms with E-state index in [2.05, 4.69) is 20.3 Å². The van der Waals surface area contributed by atoms with Crippen molar-refractivity contribution in [2.24, 2.45) is 16.5 Å². The van der Waals surface area contributed by atoms with Crippen molar-refractivity contribution in [3.63, 3.8) is 0 Å². The molecule has 0 spiro atoms. The molecule has 0 aliphatic carbocycles. The van der Waals surface area contributed by atoms with Crippen molar-refractivity contribution in [2.45, 2.75) is 39.2 Å². The summed E-state index contributed by atoms with van der Waals surface area (Å²) < 4.78 is 0. The molecule has 1 aromatic heterocycles. The Labute approximate surface area is 164 Å². The fourth-order valence-corrected chi connectivity index (χ4v) is 2.72. The molecule has 0 unspecified atom stereocenters. The SMILES string of the molecule is CC(C)(C)c1ncc(-c2ccc(CNCCCN=C(N)N)c(Cl)c2)c(=O)[nH]1. The molecular formula is C19H27ClN6O. The number of aromatic nitrogens is 2. The molecular weight excluding hydrogens is 364 g/mol. The van der Waals surface area contributed by atoms with Crippen molar-refractivity contribution >= 4 is 17.6 Å². The highest BCUT2D eigenvalue weighted by Gasteiger charge is 2.17. The lowest BCUT2D eigenvalue weighted by Gasteiger charge is -2.17. The van der Waals surface area contributed by atoms with Crippen LogP contribution in [0.2, 0.25) is 5.02 Å². The van der Waals surface area contributed by atoms with Gasteiger partial charge in [0.1, 0.15) is 5.82 Å². The van der Waals surface area contributed by atoms with Gasteiger partial charge in [-0.25, -0.2) is 4.98 Å². The monoisotopic (exact) mass is 390 g/mol. The average molecular weight is 391 g/mol. The lowest BCUT2D eigenvalue weighted by Crippen LogP contribution is -2.23. The Bertz CT molecular complexity index is 865. The summed E-state index contributed by atoms with van der Waals surface area (Å²) in [7, 11) is 0. The van der Waals surface area contributed by atoms with Gasteiger partial charge in [0, 0.05) is 29.7 Å². The van der Waals surface area contributed by atoms with Crippen molar-refractivity contribution in [1.29, 1.82) is 0 Å². The Hall–Kier alpha value is -2.38. The van der Waals surface area contributed by atoms with Crippen LogP contribution in [0, 0.1) is 0 Å². The molecule has 146 valence electrons. The van der Waals surface area contributed by atoms with Crippen LogP contribution in [0.15, 0.2) is 34.2 Å². The van der Waals surface area contributed by atoms with E-state index in [1.54, 1.807) is 12.3 Å². The molecule has 27 heavy (non-hydrogen) atoms. The predicted molar refractivity (Wildman–Crippen MR) is 111 cm³/mol. The Morgan fingerprint density at radius 3 is 2.67 bits per heavy atom. The van der Waals surface area contributed by atoms with Crippen molar-refractivity contribution in [3.05, 3.63) is 51.2 Å². The summed E-state index contributed by atoms with van der Waals surface area (Å²) in [6, 6.07) is 5.59. The number of hydrogen-bond acceptors (Lipinski definition) is 4. The van der Waals surface area contributed by atoms with E-state index in [1.807, 2.05) is 32.9 Å². The fraction of sp³-hybridized carbons (Fsp3) is 0.421. The Balaban J connectivity index is 2.04. The van der Waals surface area contributed by atoms with E-state index in [1.165, 1.54) is 0 Å². The van der Waals surface area contributed by atoms with Gasteiger partial charge in [0.05, 0.1) is 5.56 Å². The summed E-state index contributed by atoms with van der Waals surface area (Å²) in [5.74, 6) is 0.762. The molecule has 8 heteroatoms. The van der Waals surface area contributed by atoms with Gasteiger partial charge < -0.3 is 21.8 Å². The fourth-order valence-electron chi connectivity index (χ4n) is 2.48. The Morgan fingerprint density at radius 2 is 2.07 bits per heavy atom. The average Bonchev–Trinajstić information content (AvgIpc) is 2.58. The quantitative estimate of drug-likeness (QED) is 0.327. The molecule has 2 aromatic rings. The van der Waals surface area contributed by atoms with Crippen LogP contribution < -0.4 is 22.3 Å². The molecule has 6 N–H and O–H groups in total. The summed E-state index contributed by atoms with van der Waals surface area (Å²) in [5.41, 5.74) is 12.4. The molecule has 1 aromatic carbocycles. The summed E-state index contributed by atoms with van der Waals surface area (Å²) in [4.78, 5) is 23.6. The van der Waals surface area contributed by atoms with Crippen molar-refractivity contribution in [3.8, 4) is 11.1 Å². The van der Waals surface area contributed by atoms with Crippen molar-refractivity contribution in [1.82, 2.24) is 15.3 Å². The molecule has 2 rings (SSSR count). The number of nitrogens with one attached hydrogen (secondary N) is 2. The first kappa shape index (κ1) is 20.9. The van der Waals surface area contributed by atoms with E-state index in [-0.39, 0.29) is 16.9 Å². The summed E-state index contributed by atoms with van der Waals surface area (Å²) in [5, 5.41) is 3.90. The lowest BCUT2D eigenvalue weighted by molar-refractivity contribution is 0.543. The molecule has 0 aliphatic heterocycles. The van der Waals surface area contributed by atoms with Crippen LogP contribution in [0.5, 0.6) is 0 Å². The minimum atomic E-state index is -0.216. The van der Waals surface area contributed by atoms with Crippen LogP contribution in [0.4, 0.5) is 0 Å². The second kappa shape index (κ2) is 9.01. The topological polar surface area (TPSA) is 122 Å². The summed E-state index contributed by atoms with van der Waals surface area (Å²) >= 11 is 6.39. The van der Waals surface area contributed by atoms with E-state index < -0.39 is 0 Å². The van der Waals surface area contributed by atoms with E-state index in [0.29, 0.717) is 29.5 Å². The van der Waals surface area contributed by atoms with Gasteiger partial charge in [-0.3, -0.25) is 9.79 Å².